The third-order valence-electron chi connectivity index (χ3n) is 2.75. The summed E-state index contributed by atoms with van der Waals surface area (Å²) in [5, 5.41) is 9.37. The first-order valence-corrected chi connectivity index (χ1v) is 6.49. The van der Waals surface area contributed by atoms with Crippen LogP contribution >= 0.6 is 11.8 Å². The smallest absolute Gasteiger partial charge is 0.165 e. The number of hydrogen-bond donors (Lipinski definition) is 1. The first-order chi connectivity index (χ1) is 8.20. The zero-order valence-corrected chi connectivity index (χ0v) is 10.2. The van der Waals surface area contributed by atoms with Gasteiger partial charge in [-0.15, -0.1) is 11.8 Å². The minimum Gasteiger partial charge on any atom is -0.505 e. The van der Waals surface area contributed by atoms with Crippen molar-refractivity contribution in [1.82, 2.24) is 4.90 Å². The number of aromatic hydroxyl groups is 1. The fourth-order valence-corrected chi connectivity index (χ4v) is 2.94. The molecule has 0 unspecified atom stereocenters. The van der Waals surface area contributed by atoms with Crippen molar-refractivity contribution in [2.24, 2.45) is 0 Å². The van der Waals surface area contributed by atoms with E-state index in [0.717, 1.165) is 29.0 Å². The highest BCUT2D eigenvalue weighted by atomic mass is 32.2. The van der Waals surface area contributed by atoms with Gasteiger partial charge in [0.25, 0.3) is 0 Å². The minimum absolute atomic E-state index is 0.304. The van der Waals surface area contributed by atoms with Crippen molar-refractivity contribution in [3.63, 3.8) is 0 Å². The summed E-state index contributed by atoms with van der Waals surface area (Å²) in [6, 6.07) is 2.87. The Bertz CT molecular complexity index is 425. The number of fused-ring (bicyclic) bond motifs is 1. The molecule has 0 saturated heterocycles. The molecule has 0 amide bonds. The number of thioether (sulfide) groups is 1. The Kier molecular flexibility index (Phi) is 4.02. The molecule has 1 N–H and O–H groups in total. The first kappa shape index (κ1) is 12.4. The van der Waals surface area contributed by atoms with Crippen LogP contribution in [0.25, 0.3) is 0 Å². The van der Waals surface area contributed by atoms with Crippen molar-refractivity contribution in [1.29, 1.82) is 0 Å². The molecule has 1 aliphatic heterocycles. The Morgan fingerprint density at radius 1 is 1.53 bits per heavy atom. The maximum atomic E-state index is 13.2. The number of phenols is 1. The van der Waals surface area contributed by atoms with Gasteiger partial charge >= 0.3 is 0 Å². The van der Waals surface area contributed by atoms with Gasteiger partial charge in [0.05, 0.1) is 0 Å². The van der Waals surface area contributed by atoms with E-state index >= 15 is 0 Å². The zero-order valence-electron chi connectivity index (χ0n) is 9.36. The molecule has 0 aromatic heterocycles. The lowest BCUT2D eigenvalue weighted by atomic mass is 10.2. The van der Waals surface area contributed by atoms with Gasteiger partial charge in [0.1, 0.15) is 6.29 Å². The van der Waals surface area contributed by atoms with E-state index in [-0.39, 0.29) is 5.75 Å². The van der Waals surface area contributed by atoms with Crippen LogP contribution in [0.4, 0.5) is 4.39 Å². The molecule has 0 spiro atoms. The number of benzene rings is 1. The quantitative estimate of drug-likeness (QED) is 0.839. The number of rotatable bonds is 3. The van der Waals surface area contributed by atoms with Gasteiger partial charge in [-0.1, -0.05) is 0 Å². The van der Waals surface area contributed by atoms with Crippen molar-refractivity contribution in [3.8, 4) is 5.75 Å². The second-order valence-corrected chi connectivity index (χ2v) is 5.13. The zero-order chi connectivity index (χ0) is 12.3. The molecule has 3 nitrogen and oxygen atoms in total. The van der Waals surface area contributed by atoms with E-state index in [1.54, 1.807) is 11.8 Å². The van der Waals surface area contributed by atoms with E-state index < -0.39 is 5.82 Å². The first-order valence-electron chi connectivity index (χ1n) is 5.51. The second kappa shape index (κ2) is 5.51. The van der Waals surface area contributed by atoms with E-state index in [0.29, 0.717) is 19.5 Å². The van der Waals surface area contributed by atoms with E-state index in [2.05, 4.69) is 4.90 Å². The molecule has 0 bridgehead atoms. The van der Waals surface area contributed by atoms with Crippen LogP contribution in [0.3, 0.4) is 0 Å². The molecule has 0 atom stereocenters. The average Bonchev–Trinajstić information content (AvgIpc) is 2.49. The van der Waals surface area contributed by atoms with Gasteiger partial charge in [-0.05, 0) is 17.7 Å². The summed E-state index contributed by atoms with van der Waals surface area (Å²) in [6.45, 7) is 2.24. The minimum atomic E-state index is -0.572. The largest absolute Gasteiger partial charge is 0.505 e. The van der Waals surface area contributed by atoms with Gasteiger partial charge in [0.15, 0.2) is 11.6 Å². The summed E-state index contributed by atoms with van der Waals surface area (Å²) in [4.78, 5) is 13.4. The average molecular weight is 255 g/mol. The van der Waals surface area contributed by atoms with Crippen LogP contribution in [-0.2, 0) is 11.3 Å². The number of halogens is 1. The van der Waals surface area contributed by atoms with Crippen LogP contribution in [0.15, 0.2) is 17.0 Å². The maximum Gasteiger partial charge on any atom is 0.165 e. The van der Waals surface area contributed by atoms with Crippen molar-refractivity contribution in [2.45, 2.75) is 17.9 Å². The van der Waals surface area contributed by atoms with Gasteiger partial charge in [-0.2, -0.15) is 0 Å². The van der Waals surface area contributed by atoms with Crippen molar-refractivity contribution >= 4 is 18.0 Å². The number of aldehydes is 1. The van der Waals surface area contributed by atoms with Crippen LogP contribution in [0.5, 0.6) is 5.75 Å². The van der Waals surface area contributed by atoms with Crippen LogP contribution in [0.1, 0.15) is 12.0 Å². The lowest BCUT2D eigenvalue weighted by Gasteiger charge is -2.18. The van der Waals surface area contributed by atoms with E-state index in [9.17, 15) is 14.3 Å². The molecule has 0 saturated carbocycles. The Morgan fingerprint density at radius 3 is 3.12 bits per heavy atom. The number of carbonyl (C=O) groups excluding carboxylic acids is 1. The standard InChI is InChI=1S/C12H14FNO2S/c13-10-7-12-9(6-11(10)16)8-14(2-1-4-15)3-5-17-12/h4,6-7,16H,1-3,5,8H2. The summed E-state index contributed by atoms with van der Waals surface area (Å²) in [5.74, 6) is -0.00466. The Labute approximate surface area is 104 Å². The van der Waals surface area contributed by atoms with Crippen LogP contribution < -0.4 is 0 Å². The molecule has 5 heteroatoms. The fourth-order valence-electron chi connectivity index (χ4n) is 1.88. The molecule has 17 heavy (non-hydrogen) atoms. The topological polar surface area (TPSA) is 40.5 Å². The van der Waals surface area contributed by atoms with Crippen molar-refractivity contribution in [3.05, 3.63) is 23.5 Å². The maximum absolute atomic E-state index is 13.2. The predicted molar refractivity (Wildman–Crippen MR) is 64.7 cm³/mol. The summed E-state index contributed by atoms with van der Waals surface area (Å²) >= 11 is 1.59. The molecule has 2 rings (SSSR count). The summed E-state index contributed by atoms with van der Waals surface area (Å²) < 4.78 is 13.2. The molecule has 1 aromatic rings. The van der Waals surface area contributed by atoms with Gasteiger partial charge in [0, 0.05) is 36.7 Å². The van der Waals surface area contributed by atoms with Gasteiger partial charge in [-0.25, -0.2) is 4.39 Å². The van der Waals surface area contributed by atoms with Crippen molar-refractivity contribution < 1.29 is 14.3 Å². The summed E-state index contributed by atoms with van der Waals surface area (Å²) in [7, 11) is 0. The summed E-state index contributed by atoms with van der Waals surface area (Å²) in [6.07, 6.45) is 1.41. The van der Waals surface area contributed by atoms with Crippen LogP contribution in [-0.4, -0.2) is 35.1 Å². The fraction of sp³-hybridized carbons (Fsp3) is 0.417. The van der Waals surface area contributed by atoms with Gasteiger partial charge < -0.3 is 9.90 Å². The Morgan fingerprint density at radius 2 is 2.35 bits per heavy atom. The molecular weight excluding hydrogens is 241 g/mol. The van der Waals surface area contributed by atoms with Crippen LogP contribution in [0.2, 0.25) is 0 Å². The highest BCUT2D eigenvalue weighted by Gasteiger charge is 2.16. The highest BCUT2D eigenvalue weighted by Crippen LogP contribution is 2.31. The second-order valence-electron chi connectivity index (χ2n) is 3.99. The molecule has 1 aromatic carbocycles. The predicted octanol–water partition coefficient (Wildman–Crippen LogP) is 2.03. The van der Waals surface area contributed by atoms with E-state index in [1.165, 1.54) is 12.1 Å². The van der Waals surface area contributed by atoms with E-state index in [4.69, 9.17) is 0 Å². The molecule has 0 fully saturated rings. The lowest BCUT2D eigenvalue weighted by molar-refractivity contribution is -0.108. The number of carbonyl (C=O) groups is 1. The molecule has 0 aliphatic carbocycles. The summed E-state index contributed by atoms with van der Waals surface area (Å²) in [5.41, 5.74) is 0.928. The molecule has 0 radical (unpaired) electrons. The molecule has 92 valence electrons. The molecule has 1 aliphatic rings. The SMILES string of the molecule is O=CCCN1CCSc2cc(F)c(O)cc2C1. The molecule has 1 heterocycles. The highest BCUT2D eigenvalue weighted by molar-refractivity contribution is 7.99. The van der Waals surface area contributed by atoms with Crippen molar-refractivity contribution in [2.75, 3.05) is 18.8 Å². The van der Waals surface area contributed by atoms with Gasteiger partial charge in [-0.3, -0.25) is 4.90 Å². The van der Waals surface area contributed by atoms with E-state index in [1.807, 2.05) is 0 Å². The Balaban J connectivity index is 2.18. The monoisotopic (exact) mass is 255 g/mol. The Hall–Kier alpha value is -1.07. The number of nitrogens with zero attached hydrogens (tertiary/aromatic N) is 1. The third kappa shape index (κ3) is 2.98. The number of hydrogen-bond acceptors (Lipinski definition) is 4. The number of phenolic OH excluding ortho intramolecular Hbond substituents is 1. The lowest BCUT2D eigenvalue weighted by Crippen LogP contribution is -2.25. The molecular formula is C12H14FNO2S. The normalized spacial score (nSPS) is 16.3. The van der Waals surface area contributed by atoms with Gasteiger partial charge in [0.2, 0.25) is 0 Å². The third-order valence-corrected chi connectivity index (χ3v) is 3.83. The van der Waals surface area contributed by atoms with Crippen LogP contribution in [0, 0.1) is 5.82 Å².